The standard InChI is InChI=1S/C15H17N3O2S/c1-15(2,3)20-14(19)18-8-4-5-11-9-12(21-10-16)6-7-13(11)17/h6-7,9H,8,17H2,1-3H3,(H,18,19). The molecule has 0 saturated carbocycles. The highest BCUT2D eigenvalue weighted by Crippen LogP contribution is 2.21. The topological polar surface area (TPSA) is 88.1 Å². The summed E-state index contributed by atoms with van der Waals surface area (Å²) in [6.07, 6.45) is -0.515. The van der Waals surface area contributed by atoms with E-state index in [1.807, 2.05) is 5.40 Å². The number of hydrogen-bond donors (Lipinski definition) is 2. The maximum Gasteiger partial charge on any atom is 0.408 e. The zero-order valence-corrected chi connectivity index (χ0v) is 13.0. The van der Waals surface area contributed by atoms with E-state index in [9.17, 15) is 4.79 Å². The normalized spacial score (nSPS) is 10.0. The molecule has 0 heterocycles. The minimum Gasteiger partial charge on any atom is -0.444 e. The van der Waals surface area contributed by atoms with Gasteiger partial charge in [-0.1, -0.05) is 11.8 Å². The Balaban J connectivity index is 2.61. The second kappa shape index (κ2) is 7.47. The van der Waals surface area contributed by atoms with Crippen LogP contribution in [-0.4, -0.2) is 18.2 Å². The lowest BCUT2D eigenvalue weighted by molar-refractivity contribution is 0.0535. The van der Waals surface area contributed by atoms with Crippen molar-refractivity contribution in [1.82, 2.24) is 5.32 Å². The van der Waals surface area contributed by atoms with Gasteiger partial charge >= 0.3 is 6.09 Å². The summed E-state index contributed by atoms with van der Waals surface area (Å²) in [4.78, 5) is 12.2. The molecule has 0 unspecified atom stereocenters. The third-order valence-corrected chi connectivity index (χ3v) is 2.71. The van der Waals surface area contributed by atoms with E-state index >= 15 is 0 Å². The summed E-state index contributed by atoms with van der Waals surface area (Å²) in [6.45, 7) is 5.52. The molecule has 1 aromatic rings. The lowest BCUT2D eigenvalue weighted by atomic mass is 10.2. The summed E-state index contributed by atoms with van der Waals surface area (Å²) in [5.41, 5.74) is 6.42. The van der Waals surface area contributed by atoms with Gasteiger partial charge in [-0.3, -0.25) is 0 Å². The van der Waals surface area contributed by atoms with Crippen molar-refractivity contribution in [3.63, 3.8) is 0 Å². The van der Waals surface area contributed by atoms with Gasteiger partial charge in [0.1, 0.15) is 11.0 Å². The highest BCUT2D eigenvalue weighted by Gasteiger charge is 2.14. The predicted molar refractivity (Wildman–Crippen MR) is 83.4 cm³/mol. The van der Waals surface area contributed by atoms with Gasteiger partial charge in [-0.05, 0) is 50.7 Å². The van der Waals surface area contributed by atoms with Crippen LogP contribution in [-0.2, 0) is 4.74 Å². The summed E-state index contributed by atoms with van der Waals surface area (Å²) >= 11 is 1.04. The molecule has 0 atom stereocenters. The number of nitrogens with two attached hydrogens (primary N) is 1. The Morgan fingerprint density at radius 3 is 2.81 bits per heavy atom. The van der Waals surface area contributed by atoms with Crippen molar-refractivity contribution < 1.29 is 9.53 Å². The van der Waals surface area contributed by atoms with E-state index in [4.69, 9.17) is 15.7 Å². The molecule has 3 N–H and O–H groups in total. The van der Waals surface area contributed by atoms with Crippen LogP contribution < -0.4 is 11.1 Å². The SMILES string of the molecule is CC(C)(C)OC(=O)NCC#Cc1cc(SC#N)ccc1N. The van der Waals surface area contributed by atoms with Crippen LogP contribution in [0.4, 0.5) is 10.5 Å². The minimum atomic E-state index is -0.537. The van der Waals surface area contributed by atoms with E-state index in [1.54, 1.807) is 39.0 Å². The number of thiocyanates is 1. The number of nitrogens with zero attached hydrogens (tertiary/aromatic N) is 1. The molecule has 0 spiro atoms. The molecule has 5 nitrogen and oxygen atoms in total. The monoisotopic (exact) mass is 303 g/mol. The first-order valence-electron chi connectivity index (χ1n) is 6.23. The van der Waals surface area contributed by atoms with E-state index < -0.39 is 11.7 Å². The van der Waals surface area contributed by atoms with Crippen LogP contribution in [0.15, 0.2) is 23.1 Å². The van der Waals surface area contributed by atoms with E-state index in [-0.39, 0.29) is 6.54 Å². The van der Waals surface area contributed by atoms with Gasteiger partial charge in [-0.15, -0.1) is 0 Å². The largest absolute Gasteiger partial charge is 0.444 e. The van der Waals surface area contributed by atoms with Crippen LogP contribution in [0, 0.1) is 22.5 Å². The number of anilines is 1. The molecule has 0 aromatic heterocycles. The van der Waals surface area contributed by atoms with Crippen LogP contribution in [0.5, 0.6) is 0 Å². The average molecular weight is 303 g/mol. The second-order valence-corrected chi connectivity index (χ2v) is 5.96. The van der Waals surface area contributed by atoms with E-state index in [0.717, 1.165) is 16.7 Å². The number of rotatable bonds is 2. The summed E-state index contributed by atoms with van der Waals surface area (Å²) in [5, 5.41) is 13.2. The van der Waals surface area contributed by atoms with Gasteiger partial charge in [0.05, 0.1) is 6.54 Å². The van der Waals surface area contributed by atoms with Crippen LogP contribution in [0.3, 0.4) is 0 Å². The maximum absolute atomic E-state index is 11.4. The average Bonchev–Trinajstić information content (AvgIpc) is 2.36. The lowest BCUT2D eigenvalue weighted by Gasteiger charge is -2.19. The molecule has 21 heavy (non-hydrogen) atoms. The molecule has 1 amide bonds. The van der Waals surface area contributed by atoms with Gasteiger partial charge in [-0.25, -0.2) is 4.79 Å². The fraction of sp³-hybridized carbons (Fsp3) is 0.333. The van der Waals surface area contributed by atoms with Crippen molar-refractivity contribution in [3.05, 3.63) is 23.8 Å². The van der Waals surface area contributed by atoms with Crippen LogP contribution in [0.2, 0.25) is 0 Å². The number of nitrogens with one attached hydrogen (secondary N) is 1. The Kier molecular flexibility index (Phi) is 5.95. The van der Waals surface area contributed by atoms with Crippen molar-refractivity contribution in [2.75, 3.05) is 12.3 Å². The summed E-state index contributed by atoms with van der Waals surface area (Å²) in [7, 11) is 0. The van der Waals surface area contributed by atoms with Crippen molar-refractivity contribution in [1.29, 1.82) is 5.26 Å². The quantitative estimate of drug-likeness (QED) is 0.379. The highest BCUT2D eigenvalue weighted by atomic mass is 32.2. The number of amides is 1. The summed E-state index contributed by atoms with van der Waals surface area (Å²) in [6, 6.07) is 5.20. The second-order valence-electron chi connectivity index (χ2n) is 5.10. The smallest absolute Gasteiger partial charge is 0.408 e. The van der Waals surface area contributed by atoms with Gasteiger partial charge in [0, 0.05) is 16.1 Å². The maximum atomic E-state index is 11.4. The van der Waals surface area contributed by atoms with E-state index in [0.29, 0.717) is 11.3 Å². The van der Waals surface area contributed by atoms with Gasteiger partial charge in [-0.2, -0.15) is 5.26 Å². The van der Waals surface area contributed by atoms with Crippen LogP contribution in [0.1, 0.15) is 26.3 Å². The molecule has 1 rings (SSSR count). The number of carbonyl (C=O) groups is 1. The zero-order chi connectivity index (χ0) is 15.9. The summed E-state index contributed by atoms with van der Waals surface area (Å²) in [5.74, 6) is 5.66. The van der Waals surface area contributed by atoms with Crippen molar-refractivity contribution in [3.8, 4) is 17.2 Å². The number of alkyl carbamates (subject to hydrolysis) is 1. The Morgan fingerprint density at radius 2 is 2.19 bits per heavy atom. The molecule has 0 fully saturated rings. The lowest BCUT2D eigenvalue weighted by Crippen LogP contribution is -2.32. The van der Waals surface area contributed by atoms with Crippen LogP contribution >= 0.6 is 11.8 Å². The molecular weight excluding hydrogens is 286 g/mol. The molecular formula is C15H17N3O2S. The van der Waals surface area contributed by atoms with Gasteiger partial charge in [0.15, 0.2) is 0 Å². The number of hydrogen-bond acceptors (Lipinski definition) is 5. The molecule has 0 aliphatic carbocycles. The Hall–Kier alpha value is -2.31. The third kappa shape index (κ3) is 6.60. The fourth-order valence-electron chi connectivity index (χ4n) is 1.33. The molecule has 1 aromatic carbocycles. The Morgan fingerprint density at radius 1 is 1.48 bits per heavy atom. The first-order valence-corrected chi connectivity index (χ1v) is 7.04. The Bertz CT molecular complexity index is 619. The van der Waals surface area contributed by atoms with Crippen molar-refractivity contribution in [2.45, 2.75) is 31.3 Å². The fourth-order valence-corrected chi connectivity index (χ4v) is 1.75. The molecule has 0 aliphatic rings. The first-order chi connectivity index (χ1) is 9.81. The number of benzene rings is 1. The number of carbonyl (C=O) groups excluding carboxylic acids is 1. The van der Waals surface area contributed by atoms with Crippen molar-refractivity contribution in [2.24, 2.45) is 0 Å². The Labute approximate surface area is 128 Å². The highest BCUT2D eigenvalue weighted by molar-refractivity contribution is 8.03. The number of ether oxygens (including phenoxy) is 1. The first kappa shape index (κ1) is 16.7. The van der Waals surface area contributed by atoms with Gasteiger partial charge < -0.3 is 15.8 Å². The minimum absolute atomic E-state index is 0.157. The van der Waals surface area contributed by atoms with Gasteiger partial charge in [0.25, 0.3) is 0 Å². The summed E-state index contributed by atoms with van der Waals surface area (Å²) < 4.78 is 5.08. The van der Waals surface area contributed by atoms with Crippen LogP contribution in [0.25, 0.3) is 0 Å². The molecule has 0 bridgehead atoms. The van der Waals surface area contributed by atoms with E-state index in [1.165, 1.54) is 0 Å². The number of nitrogen functional groups attached to an aromatic ring is 1. The zero-order valence-electron chi connectivity index (χ0n) is 12.2. The van der Waals surface area contributed by atoms with Gasteiger partial charge in [0.2, 0.25) is 0 Å². The van der Waals surface area contributed by atoms with E-state index in [2.05, 4.69) is 17.2 Å². The predicted octanol–water partition coefficient (Wildman–Crippen LogP) is 2.72. The number of nitriles is 1. The molecule has 110 valence electrons. The third-order valence-electron chi connectivity index (χ3n) is 2.13. The molecule has 6 heteroatoms. The molecule has 0 aliphatic heterocycles. The van der Waals surface area contributed by atoms with Crippen molar-refractivity contribution >= 4 is 23.5 Å². The molecule has 0 radical (unpaired) electrons. The number of thioether (sulfide) groups is 1. The molecule has 0 saturated heterocycles.